The van der Waals surface area contributed by atoms with Crippen LogP contribution in [0.1, 0.15) is 25.6 Å². The molecule has 2 amide bonds. The highest BCUT2D eigenvalue weighted by Gasteiger charge is 2.21. The molecule has 0 spiro atoms. The molecule has 0 unspecified atom stereocenters. The third kappa shape index (κ3) is 5.21. The van der Waals surface area contributed by atoms with Crippen LogP contribution in [0.4, 0.5) is 11.4 Å². The minimum atomic E-state index is -3.34. The van der Waals surface area contributed by atoms with E-state index in [1.54, 1.807) is 72.9 Å². The molecule has 9 nitrogen and oxygen atoms in total. The number of nitrogens with one attached hydrogen (secondary N) is 3. The first-order valence-electron chi connectivity index (χ1n) is 10.8. The van der Waals surface area contributed by atoms with Crippen LogP contribution < -0.4 is 20.1 Å². The molecule has 0 fully saturated rings. The van der Waals surface area contributed by atoms with Crippen LogP contribution in [-0.2, 0) is 16.6 Å². The van der Waals surface area contributed by atoms with Gasteiger partial charge in [0.25, 0.3) is 11.8 Å². The number of benzene rings is 3. The van der Waals surface area contributed by atoms with Gasteiger partial charge in [0.2, 0.25) is 10.0 Å². The van der Waals surface area contributed by atoms with E-state index in [1.165, 1.54) is 11.3 Å². The number of anilines is 2. The molecule has 4 aromatic rings. The van der Waals surface area contributed by atoms with Crippen molar-refractivity contribution in [2.24, 2.45) is 0 Å². The molecule has 1 aliphatic heterocycles. The predicted octanol–water partition coefficient (Wildman–Crippen LogP) is 4.47. The Morgan fingerprint density at radius 3 is 2.61 bits per heavy atom. The number of aromatic nitrogens is 1. The maximum Gasteiger partial charge on any atom is 0.259 e. The van der Waals surface area contributed by atoms with Gasteiger partial charge < -0.3 is 15.4 Å². The van der Waals surface area contributed by atoms with Crippen molar-refractivity contribution in [1.82, 2.24) is 10.3 Å². The van der Waals surface area contributed by atoms with Gasteiger partial charge in [-0.25, -0.2) is 13.4 Å². The first-order valence-corrected chi connectivity index (χ1v) is 13.5. The van der Waals surface area contributed by atoms with Gasteiger partial charge in [0.05, 0.1) is 24.1 Å². The van der Waals surface area contributed by atoms with Crippen molar-refractivity contribution in [2.45, 2.75) is 6.54 Å². The Bertz CT molecular complexity index is 1580. The molecule has 0 radical (unpaired) electrons. The van der Waals surface area contributed by atoms with Crippen molar-refractivity contribution >= 4 is 44.5 Å². The average molecular weight is 521 g/mol. The number of thiazole rings is 1. The fourth-order valence-corrected chi connectivity index (χ4v) is 5.02. The quantitative estimate of drug-likeness (QED) is 0.344. The molecule has 5 rings (SSSR count). The van der Waals surface area contributed by atoms with Crippen LogP contribution in [0.15, 0.2) is 72.9 Å². The molecule has 11 heteroatoms. The maximum atomic E-state index is 12.8. The lowest BCUT2D eigenvalue weighted by molar-refractivity contribution is 0.0950. The van der Waals surface area contributed by atoms with Crippen LogP contribution in [0.5, 0.6) is 11.5 Å². The summed E-state index contributed by atoms with van der Waals surface area (Å²) in [5.41, 5.74) is 2.51. The van der Waals surface area contributed by atoms with Gasteiger partial charge in [0.15, 0.2) is 5.75 Å². The molecule has 0 saturated heterocycles. The highest BCUT2D eigenvalue weighted by Crippen LogP contribution is 2.36. The number of sulfonamides is 1. The van der Waals surface area contributed by atoms with Gasteiger partial charge in [0, 0.05) is 27.9 Å². The molecule has 0 bridgehead atoms. The van der Waals surface area contributed by atoms with E-state index in [2.05, 4.69) is 20.3 Å². The van der Waals surface area contributed by atoms with Crippen LogP contribution in [0.2, 0.25) is 0 Å². The number of rotatable bonds is 6. The highest BCUT2D eigenvalue weighted by molar-refractivity contribution is 7.92. The van der Waals surface area contributed by atoms with E-state index >= 15 is 0 Å². The maximum absolute atomic E-state index is 12.8. The Balaban J connectivity index is 1.24. The summed E-state index contributed by atoms with van der Waals surface area (Å²) >= 11 is 1.42. The Morgan fingerprint density at radius 1 is 1.06 bits per heavy atom. The molecule has 0 atom stereocenters. The first kappa shape index (κ1) is 23.5. The lowest BCUT2D eigenvalue weighted by atomic mass is 10.1. The second-order valence-electron chi connectivity index (χ2n) is 8.03. The minimum absolute atomic E-state index is 0.273. The van der Waals surface area contributed by atoms with E-state index in [1.807, 2.05) is 0 Å². The molecule has 0 saturated carbocycles. The summed E-state index contributed by atoms with van der Waals surface area (Å²) in [6.07, 6.45) is 2.78. The second-order valence-corrected chi connectivity index (χ2v) is 10.9. The highest BCUT2D eigenvalue weighted by atomic mass is 32.2. The lowest BCUT2D eigenvalue weighted by Crippen LogP contribution is -2.22. The summed E-state index contributed by atoms with van der Waals surface area (Å²) in [4.78, 5) is 30.6. The zero-order valence-electron chi connectivity index (χ0n) is 18.9. The van der Waals surface area contributed by atoms with Gasteiger partial charge in [-0.3, -0.25) is 14.3 Å². The van der Waals surface area contributed by atoms with Gasteiger partial charge in [-0.05, 0) is 54.6 Å². The third-order valence-corrected chi connectivity index (χ3v) is 6.91. The fraction of sp³-hybridized carbons (Fsp3) is 0.0800. The van der Waals surface area contributed by atoms with E-state index in [0.29, 0.717) is 34.0 Å². The van der Waals surface area contributed by atoms with Gasteiger partial charge in [-0.1, -0.05) is 12.1 Å². The number of ether oxygens (including phenoxy) is 1. The van der Waals surface area contributed by atoms with Crippen molar-refractivity contribution in [1.29, 1.82) is 0 Å². The number of carbonyl (C=O) groups excluding carboxylic acids is 2. The summed E-state index contributed by atoms with van der Waals surface area (Å²) in [6.45, 7) is 0.273. The summed E-state index contributed by atoms with van der Waals surface area (Å²) in [6, 6.07) is 18.7. The first-order chi connectivity index (χ1) is 17.2. The predicted molar refractivity (Wildman–Crippen MR) is 138 cm³/mol. The molecule has 182 valence electrons. The Labute approximate surface area is 211 Å². The van der Waals surface area contributed by atoms with E-state index in [4.69, 9.17) is 4.74 Å². The van der Waals surface area contributed by atoms with Crippen molar-refractivity contribution in [3.63, 3.8) is 0 Å². The molecule has 3 aromatic carbocycles. The SMILES string of the molecule is CS(=O)(=O)Nc1ccc(-c2ncc(CNC(=O)c3ccc4c(c3)NC(=O)c3ccccc3O4)s2)cc1. The van der Waals surface area contributed by atoms with Crippen LogP contribution in [-0.4, -0.2) is 31.5 Å². The number of carbonyl (C=O) groups is 2. The summed E-state index contributed by atoms with van der Waals surface area (Å²) in [5.74, 6) is 0.294. The number of hydrogen-bond donors (Lipinski definition) is 3. The average Bonchev–Trinajstić information content (AvgIpc) is 3.27. The Hall–Kier alpha value is -4.22. The molecular weight excluding hydrogens is 500 g/mol. The van der Waals surface area contributed by atoms with Gasteiger partial charge in [-0.15, -0.1) is 11.3 Å². The van der Waals surface area contributed by atoms with E-state index in [0.717, 1.165) is 21.7 Å². The summed E-state index contributed by atoms with van der Waals surface area (Å²) in [7, 11) is -3.34. The molecule has 3 N–H and O–H groups in total. The molecular formula is C25H20N4O5S2. The van der Waals surface area contributed by atoms with Gasteiger partial charge >= 0.3 is 0 Å². The van der Waals surface area contributed by atoms with Gasteiger partial charge in [0.1, 0.15) is 10.8 Å². The number of fused-ring (bicyclic) bond motifs is 2. The van der Waals surface area contributed by atoms with E-state index in [9.17, 15) is 18.0 Å². The minimum Gasteiger partial charge on any atom is -0.454 e. The lowest BCUT2D eigenvalue weighted by Gasteiger charge is -2.10. The van der Waals surface area contributed by atoms with Crippen molar-refractivity contribution in [3.8, 4) is 22.1 Å². The third-order valence-electron chi connectivity index (χ3n) is 5.25. The fourth-order valence-electron chi connectivity index (χ4n) is 3.60. The van der Waals surface area contributed by atoms with Crippen LogP contribution in [0.25, 0.3) is 10.6 Å². The van der Waals surface area contributed by atoms with Crippen molar-refractivity contribution < 1.29 is 22.7 Å². The van der Waals surface area contributed by atoms with Crippen molar-refractivity contribution in [3.05, 3.63) is 88.9 Å². The van der Waals surface area contributed by atoms with Crippen LogP contribution >= 0.6 is 11.3 Å². The van der Waals surface area contributed by atoms with Gasteiger partial charge in [-0.2, -0.15) is 0 Å². The number of amides is 2. The Morgan fingerprint density at radius 2 is 1.83 bits per heavy atom. The topological polar surface area (TPSA) is 126 Å². The smallest absolute Gasteiger partial charge is 0.259 e. The molecule has 1 aliphatic rings. The molecule has 2 heterocycles. The zero-order chi connectivity index (χ0) is 25.3. The molecule has 36 heavy (non-hydrogen) atoms. The number of nitrogens with zero attached hydrogens (tertiary/aromatic N) is 1. The standard InChI is InChI=1S/C25H20N4O5S2/c1-36(32,33)29-17-9-6-15(7-10-17)25-27-14-18(35-25)13-26-23(30)16-8-11-22-20(12-16)28-24(31)19-4-2-3-5-21(19)34-22/h2-12,14,29H,13H2,1H3,(H,26,30)(H,28,31). The van der Waals surface area contributed by atoms with E-state index < -0.39 is 10.0 Å². The summed E-state index contributed by atoms with van der Waals surface area (Å²) in [5, 5.41) is 6.41. The van der Waals surface area contributed by atoms with Crippen LogP contribution in [0.3, 0.4) is 0 Å². The number of hydrogen-bond acceptors (Lipinski definition) is 7. The number of para-hydroxylation sites is 1. The zero-order valence-corrected chi connectivity index (χ0v) is 20.6. The second kappa shape index (κ2) is 9.44. The Kier molecular flexibility index (Phi) is 6.17. The van der Waals surface area contributed by atoms with E-state index in [-0.39, 0.29) is 18.4 Å². The normalized spacial score (nSPS) is 12.4. The largest absolute Gasteiger partial charge is 0.454 e. The molecule has 0 aliphatic carbocycles. The molecule has 1 aromatic heterocycles. The van der Waals surface area contributed by atoms with Crippen molar-refractivity contribution in [2.75, 3.05) is 16.3 Å². The van der Waals surface area contributed by atoms with Crippen LogP contribution in [0, 0.1) is 0 Å². The summed E-state index contributed by atoms with van der Waals surface area (Å²) < 4.78 is 31.0. The monoisotopic (exact) mass is 520 g/mol.